The summed E-state index contributed by atoms with van der Waals surface area (Å²) in [5.41, 5.74) is 1.02. The molecular weight excluding hydrogens is 346 g/mol. The lowest BCUT2D eigenvalue weighted by Crippen LogP contribution is -2.32. The third-order valence-corrected chi connectivity index (χ3v) is 6.12. The molecule has 2 heterocycles. The summed E-state index contributed by atoms with van der Waals surface area (Å²) < 4.78 is 27.3. The molecule has 0 amide bonds. The van der Waals surface area contributed by atoms with Crippen molar-refractivity contribution in [2.75, 3.05) is 22.7 Å². The first-order valence-electron chi connectivity index (χ1n) is 7.94. The van der Waals surface area contributed by atoms with E-state index in [2.05, 4.69) is 21.5 Å². The molecule has 0 bridgehead atoms. The van der Waals surface area contributed by atoms with Crippen LogP contribution in [0.5, 0.6) is 0 Å². The van der Waals surface area contributed by atoms with Gasteiger partial charge < -0.3 is 4.90 Å². The molecule has 1 aromatic carbocycles. The van der Waals surface area contributed by atoms with E-state index < -0.39 is 10.0 Å². The molecule has 1 aromatic heterocycles. The van der Waals surface area contributed by atoms with Crippen LogP contribution in [-0.4, -0.2) is 26.5 Å². The molecule has 0 saturated carbocycles. The summed E-state index contributed by atoms with van der Waals surface area (Å²) in [6.45, 7) is 4.28. The van der Waals surface area contributed by atoms with Gasteiger partial charge >= 0.3 is 0 Å². The van der Waals surface area contributed by atoms with Gasteiger partial charge in [-0.3, -0.25) is 4.72 Å². The highest BCUT2D eigenvalue weighted by Crippen LogP contribution is 2.25. The number of sulfonamides is 1. The number of piperidine rings is 1. The first-order chi connectivity index (χ1) is 11.5. The van der Waals surface area contributed by atoms with Crippen LogP contribution in [0, 0.1) is 5.92 Å². The summed E-state index contributed by atoms with van der Waals surface area (Å²) in [4.78, 5) is 6.56. The monoisotopic (exact) mass is 365 g/mol. The van der Waals surface area contributed by atoms with Gasteiger partial charge in [-0.15, -0.1) is 0 Å². The Hall–Kier alpha value is -1.79. The number of pyridine rings is 1. The van der Waals surface area contributed by atoms with Gasteiger partial charge in [-0.1, -0.05) is 30.7 Å². The molecule has 1 aliphatic heterocycles. The SMILES string of the molecule is CC1CCN(c2ccc(NS(=O)(=O)c3ccccc3Cl)nc2)CC1. The van der Waals surface area contributed by atoms with E-state index in [1.165, 1.54) is 18.9 Å². The molecule has 0 spiro atoms. The van der Waals surface area contributed by atoms with Crippen LogP contribution in [0.1, 0.15) is 19.8 Å². The van der Waals surface area contributed by atoms with Crippen LogP contribution in [0.4, 0.5) is 11.5 Å². The van der Waals surface area contributed by atoms with E-state index in [0.29, 0.717) is 0 Å². The number of rotatable bonds is 4. The van der Waals surface area contributed by atoms with Gasteiger partial charge in [0.1, 0.15) is 10.7 Å². The molecular formula is C17H20ClN3O2S. The number of aromatic nitrogens is 1. The van der Waals surface area contributed by atoms with Crippen molar-refractivity contribution in [1.82, 2.24) is 4.98 Å². The maximum atomic E-state index is 12.4. The van der Waals surface area contributed by atoms with Crippen LogP contribution in [-0.2, 0) is 10.0 Å². The molecule has 128 valence electrons. The highest BCUT2D eigenvalue weighted by molar-refractivity contribution is 7.92. The molecule has 1 N–H and O–H groups in total. The molecule has 7 heteroatoms. The Balaban J connectivity index is 1.73. The van der Waals surface area contributed by atoms with Crippen LogP contribution in [0.3, 0.4) is 0 Å². The number of hydrogen-bond donors (Lipinski definition) is 1. The molecule has 0 aliphatic carbocycles. The molecule has 5 nitrogen and oxygen atoms in total. The molecule has 0 unspecified atom stereocenters. The summed E-state index contributed by atoms with van der Waals surface area (Å²) in [6, 6.07) is 9.91. The predicted octanol–water partition coefficient (Wildman–Crippen LogP) is 3.77. The molecule has 0 radical (unpaired) electrons. The number of halogens is 1. The Morgan fingerprint density at radius 1 is 1.17 bits per heavy atom. The zero-order valence-electron chi connectivity index (χ0n) is 13.4. The summed E-state index contributed by atoms with van der Waals surface area (Å²) >= 11 is 5.97. The van der Waals surface area contributed by atoms with Gasteiger partial charge in [0.2, 0.25) is 0 Å². The number of benzene rings is 1. The average molecular weight is 366 g/mol. The number of hydrogen-bond acceptors (Lipinski definition) is 4. The fourth-order valence-corrected chi connectivity index (χ4v) is 4.28. The van der Waals surface area contributed by atoms with Gasteiger partial charge in [-0.05, 0) is 43.0 Å². The normalized spacial score (nSPS) is 16.2. The fourth-order valence-electron chi connectivity index (χ4n) is 2.76. The molecule has 1 aliphatic rings. The van der Waals surface area contributed by atoms with E-state index in [9.17, 15) is 8.42 Å². The van der Waals surface area contributed by atoms with E-state index in [1.54, 1.807) is 30.5 Å². The Morgan fingerprint density at radius 3 is 2.50 bits per heavy atom. The van der Waals surface area contributed by atoms with Crippen LogP contribution in [0.25, 0.3) is 0 Å². The fraction of sp³-hybridized carbons (Fsp3) is 0.353. The van der Waals surface area contributed by atoms with Gasteiger partial charge in [-0.25, -0.2) is 13.4 Å². The van der Waals surface area contributed by atoms with E-state index in [-0.39, 0.29) is 15.7 Å². The van der Waals surface area contributed by atoms with Crippen molar-refractivity contribution in [3.8, 4) is 0 Å². The zero-order valence-corrected chi connectivity index (χ0v) is 15.0. The topological polar surface area (TPSA) is 62.3 Å². The Labute approximate surface area is 147 Å². The van der Waals surface area contributed by atoms with Crippen molar-refractivity contribution in [2.45, 2.75) is 24.7 Å². The largest absolute Gasteiger partial charge is 0.370 e. The smallest absolute Gasteiger partial charge is 0.264 e. The van der Waals surface area contributed by atoms with E-state index in [1.807, 2.05) is 6.07 Å². The standard InChI is InChI=1S/C17H20ClN3O2S/c1-13-8-10-21(11-9-13)14-6-7-17(19-12-14)20-24(22,23)16-5-3-2-4-15(16)18/h2-7,12-13H,8-11H2,1H3,(H,19,20). The number of nitrogens with one attached hydrogen (secondary N) is 1. The van der Waals surface area contributed by atoms with Gasteiger partial charge in [0, 0.05) is 13.1 Å². The van der Waals surface area contributed by atoms with E-state index in [4.69, 9.17) is 11.6 Å². The first-order valence-corrected chi connectivity index (χ1v) is 9.80. The van der Waals surface area contributed by atoms with E-state index >= 15 is 0 Å². The minimum atomic E-state index is -3.75. The molecule has 1 saturated heterocycles. The molecule has 0 atom stereocenters. The summed E-state index contributed by atoms with van der Waals surface area (Å²) in [6.07, 6.45) is 4.04. The lowest BCUT2D eigenvalue weighted by atomic mass is 9.99. The van der Waals surface area contributed by atoms with Gasteiger partial charge in [0.15, 0.2) is 0 Å². The predicted molar refractivity (Wildman–Crippen MR) is 97.1 cm³/mol. The minimum Gasteiger partial charge on any atom is -0.370 e. The maximum Gasteiger partial charge on any atom is 0.264 e. The van der Waals surface area contributed by atoms with Crippen LogP contribution in [0.15, 0.2) is 47.5 Å². The Kier molecular flexibility index (Phi) is 4.96. The third kappa shape index (κ3) is 3.82. The first kappa shape index (κ1) is 17.0. The van der Waals surface area contributed by atoms with Crippen LogP contribution < -0.4 is 9.62 Å². The van der Waals surface area contributed by atoms with Gasteiger partial charge in [0.05, 0.1) is 16.9 Å². The van der Waals surface area contributed by atoms with Gasteiger partial charge in [-0.2, -0.15) is 0 Å². The number of nitrogens with zero attached hydrogens (tertiary/aromatic N) is 2. The Morgan fingerprint density at radius 2 is 1.88 bits per heavy atom. The average Bonchev–Trinajstić information content (AvgIpc) is 2.56. The molecule has 1 fully saturated rings. The van der Waals surface area contributed by atoms with Crippen molar-refractivity contribution in [1.29, 1.82) is 0 Å². The number of anilines is 2. The zero-order chi connectivity index (χ0) is 17.2. The molecule has 3 rings (SSSR count). The minimum absolute atomic E-state index is 0.0440. The maximum absolute atomic E-state index is 12.4. The van der Waals surface area contributed by atoms with Crippen molar-refractivity contribution < 1.29 is 8.42 Å². The molecule has 2 aromatic rings. The van der Waals surface area contributed by atoms with Crippen molar-refractivity contribution in [2.24, 2.45) is 5.92 Å². The molecule has 24 heavy (non-hydrogen) atoms. The van der Waals surface area contributed by atoms with Crippen LogP contribution >= 0.6 is 11.6 Å². The van der Waals surface area contributed by atoms with Crippen molar-refractivity contribution >= 4 is 33.1 Å². The van der Waals surface area contributed by atoms with Crippen LogP contribution in [0.2, 0.25) is 5.02 Å². The summed E-state index contributed by atoms with van der Waals surface area (Å²) in [5.74, 6) is 1.04. The van der Waals surface area contributed by atoms with Crippen molar-refractivity contribution in [3.05, 3.63) is 47.6 Å². The second kappa shape index (κ2) is 6.99. The second-order valence-corrected chi connectivity index (χ2v) is 8.17. The summed E-state index contributed by atoms with van der Waals surface area (Å²) in [7, 11) is -3.75. The lowest BCUT2D eigenvalue weighted by Gasteiger charge is -2.31. The highest BCUT2D eigenvalue weighted by Gasteiger charge is 2.19. The Bertz CT molecular complexity index is 801. The third-order valence-electron chi connectivity index (χ3n) is 4.26. The quantitative estimate of drug-likeness (QED) is 0.895. The highest BCUT2D eigenvalue weighted by atomic mass is 35.5. The lowest BCUT2D eigenvalue weighted by molar-refractivity contribution is 0.438. The van der Waals surface area contributed by atoms with Crippen molar-refractivity contribution in [3.63, 3.8) is 0 Å². The van der Waals surface area contributed by atoms with Gasteiger partial charge in [0.25, 0.3) is 10.0 Å². The van der Waals surface area contributed by atoms with E-state index in [0.717, 1.165) is 24.7 Å². The summed E-state index contributed by atoms with van der Waals surface area (Å²) in [5, 5.41) is 0.184. The second-order valence-electron chi connectivity index (χ2n) is 6.11.